The minimum absolute atomic E-state index is 0.0640. The molecule has 0 unspecified atom stereocenters. The first-order valence-corrected chi connectivity index (χ1v) is 11.3. The molecule has 0 radical (unpaired) electrons. The number of thiophene rings is 1. The summed E-state index contributed by atoms with van der Waals surface area (Å²) < 4.78 is 38.2. The Balaban J connectivity index is 1.66. The van der Waals surface area contributed by atoms with E-state index in [0.717, 1.165) is 35.4 Å². The van der Waals surface area contributed by atoms with Crippen LogP contribution in [0.5, 0.6) is 0 Å². The number of nitrogen functional groups attached to an aromatic ring is 1. The molecule has 3 rings (SSSR count). The highest BCUT2D eigenvalue weighted by atomic mass is 35.5. The van der Waals surface area contributed by atoms with Gasteiger partial charge in [0.25, 0.3) is 0 Å². The SMILES string of the molecule is Nc1nc(SCC(=O)Nc2ccc(F)c(Cl)c2)ncc1S(=O)(=O)c1cccs1. The summed E-state index contributed by atoms with van der Waals surface area (Å²) in [6.07, 6.45) is 1.12. The molecule has 2 aromatic heterocycles. The Bertz CT molecular complexity index is 1120. The standard InChI is InChI=1S/C16H12ClFN4O3S3/c17-10-6-9(3-4-11(10)18)21-13(23)8-27-16-20-7-12(15(19)22-16)28(24,25)14-2-1-5-26-14/h1-7H,8H2,(H,21,23)(H2,19,20,22). The average Bonchev–Trinajstić information content (AvgIpc) is 3.18. The Kier molecular flexibility index (Phi) is 6.18. The van der Waals surface area contributed by atoms with Gasteiger partial charge in [0.05, 0.1) is 17.0 Å². The van der Waals surface area contributed by atoms with Crippen LogP contribution in [0, 0.1) is 5.82 Å². The van der Waals surface area contributed by atoms with Gasteiger partial charge in [-0.1, -0.05) is 29.4 Å². The van der Waals surface area contributed by atoms with E-state index in [2.05, 4.69) is 15.3 Å². The maximum Gasteiger partial charge on any atom is 0.234 e. The second-order valence-electron chi connectivity index (χ2n) is 5.30. The monoisotopic (exact) mass is 458 g/mol. The topological polar surface area (TPSA) is 115 Å². The summed E-state index contributed by atoms with van der Waals surface area (Å²) >= 11 is 7.70. The van der Waals surface area contributed by atoms with Gasteiger partial charge in [-0.2, -0.15) is 0 Å². The molecule has 1 amide bonds. The molecule has 3 aromatic rings. The fourth-order valence-electron chi connectivity index (χ4n) is 2.07. The van der Waals surface area contributed by atoms with Crippen LogP contribution < -0.4 is 11.1 Å². The van der Waals surface area contributed by atoms with E-state index in [1.54, 1.807) is 11.4 Å². The zero-order valence-corrected chi connectivity index (χ0v) is 17.1. The minimum Gasteiger partial charge on any atom is -0.382 e. The van der Waals surface area contributed by atoms with Gasteiger partial charge in [0.2, 0.25) is 15.7 Å². The van der Waals surface area contributed by atoms with Crippen LogP contribution in [0.25, 0.3) is 0 Å². The van der Waals surface area contributed by atoms with Crippen LogP contribution in [0.15, 0.2) is 56.2 Å². The van der Waals surface area contributed by atoms with E-state index >= 15 is 0 Å². The summed E-state index contributed by atoms with van der Waals surface area (Å²) in [4.78, 5) is 19.7. The smallest absolute Gasteiger partial charge is 0.234 e. The molecule has 3 N–H and O–H groups in total. The molecule has 1 aromatic carbocycles. The number of halogens is 2. The predicted octanol–water partition coefficient (Wildman–Crippen LogP) is 3.48. The Morgan fingerprint density at radius 1 is 1.36 bits per heavy atom. The van der Waals surface area contributed by atoms with E-state index in [1.165, 1.54) is 18.2 Å². The molecule has 0 aliphatic carbocycles. The summed E-state index contributed by atoms with van der Waals surface area (Å²) in [7, 11) is -3.79. The highest BCUT2D eigenvalue weighted by Gasteiger charge is 2.23. The van der Waals surface area contributed by atoms with Crippen molar-refractivity contribution in [1.82, 2.24) is 9.97 Å². The number of amides is 1. The van der Waals surface area contributed by atoms with Crippen LogP contribution in [0.2, 0.25) is 5.02 Å². The first-order valence-electron chi connectivity index (χ1n) is 7.56. The van der Waals surface area contributed by atoms with Crippen LogP contribution in [0.1, 0.15) is 0 Å². The van der Waals surface area contributed by atoms with E-state index in [-0.39, 0.29) is 30.9 Å². The zero-order chi connectivity index (χ0) is 20.3. The molecule has 0 fully saturated rings. The number of nitrogens with two attached hydrogens (primary N) is 1. The van der Waals surface area contributed by atoms with E-state index in [4.69, 9.17) is 17.3 Å². The van der Waals surface area contributed by atoms with Crippen molar-refractivity contribution in [3.05, 3.63) is 52.7 Å². The molecule has 0 bridgehead atoms. The van der Waals surface area contributed by atoms with Crippen molar-refractivity contribution in [2.75, 3.05) is 16.8 Å². The van der Waals surface area contributed by atoms with E-state index in [0.29, 0.717) is 5.69 Å². The van der Waals surface area contributed by atoms with Crippen molar-refractivity contribution < 1.29 is 17.6 Å². The molecule has 0 aliphatic rings. The Morgan fingerprint density at radius 3 is 2.79 bits per heavy atom. The number of anilines is 2. The number of nitrogens with one attached hydrogen (secondary N) is 1. The molecule has 0 aliphatic heterocycles. The van der Waals surface area contributed by atoms with Gasteiger partial charge >= 0.3 is 0 Å². The van der Waals surface area contributed by atoms with Gasteiger partial charge in [-0.25, -0.2) is 22.8 Å². The lowest BCUT2D eigenvalue weighted by atomic mass is 10.3. The average molecular weight is 459 g/mol. The van der Waals surface area contributed by atoms with Gasteiger partial charge in [-0.3, -0.25) is 4.79 Å². The second-order valence-corrected chi connectivity index (χ2v) is 9.75. The third-order valence-electron chi connectivity index (χ3n) is 3.35. The molecular formula is C16H12ClFN4O3S3. The fourth-order valence-corrected chi connectivity index (χ4v) is 5.25. The highest BCUT2D eigenvalue weighted by Crippen LogP contribution is 2.28. The van der Waals surface area contributed by atoms with E-state index in [1.807, 2.05) is 0 Å². The van der Waals surface area contributed by atoms with Crippen molar-refractivity contribution in [2.45, 2.75) is 14.3 Å². The molecule has 0 saturated heterocycles. The number of carbonyl (C=O) groups excluding carboxylic acids is 1. The van der Waals surface area contributed by atoms with Gasteiger partial charge in [0, 0.05) is 5.69 Å². The number of rotatable bonds is 6. The molecule has 146 valence electrons. The van der Waals surface area contributed by atoms with Gasteiger partial charge < -0.3 is 11.1 Å². The number of aromatic nitrogens is 2. The lowest BCUT2D eigenvalue weighted by Gasteiger charge is -2.07. The van der Waals surface area contributed by atoms with Crippen molar-refractivity contribution in [3.63, 3.8) is 0 Å². The Morgan fingerprint density at radius 2 is 2.14 bits per heavy atom. The Hall–Kier alpha value is -2.21. The predicted molar refractivity (Wildman–Crippen MR) is 107 cm³/mol. The molecular weight excluding hydrogens is 447 g/mol. The number of hydrogen-bond donors (Lipinski definition) is 2. The number of nitrogens with zero attached hydrogens (tertiary/aromatic N) is 2. The summed E-state index contributed by atoms with van der Waals surface area (Å²) in [5.74, 6) is -1.25. The van der Waals surface area contributed by atoms with Gasteiger partial charge in [-0.05, 0) is 29.6 Å². The number of carbonyl (C=O) groups is 1. The lowest BCUT2D eigenvalue weighted by molar-refractivity contribution is -0.113. The molecule has 0 spiro atoms. The molecule has 0 atom stereocenters. The molecule has 0 saturated carbocycles. The van der Waals surface area contributed by atoms with Crippen LogP contribution in [0.4, 0.5) is 15.9 Å². The summed E-state index contributed by atoms with van der Waals surface area (Å²) in [5, 5.41) is 4.24. The van der Waals surface area contributed by atoms with E-state index < -0.39 is 21.6 Å². The minimum atomic E-state index is -3.79. The van der Waals surface area contributed by atoms with Crippen molar-refractivity contribution in [1.29, 1.82) is 0 Å². The third kappa shape index (κ3) is 4.61. The number of sulfone groups is 1. The van der Waals surface area contributed by atoms with Gasteiger partial charge in [-0.15, -0.1) is 11.3 Å². The first kappa shape index (κ1) is 20.5. The normalized spacial score (nSPS) is 11.4. The van der Waals surface area contributed by atoms with Gasteiger partial charge in [0.15, 0.2) is 5.16 Å². The Labute approximate surface area is 173 Å². The van der Waals surface area contributed by atoms with Crippen LogP contribution in [-0.2, 0) is 14.6 Å². The van der Waals surface area contributed by atoms with Crippen LogP contribution in [0.3, 0.4) is 0 Å². The lowest BCUT2D eigenvalue weighted by Crippen LogP contribution is -2.14. The summed E-state index contributed by atoms with van der Waals surface area (Å²) in [6.45, 7) is 0. The summed E-state index contributed by atoms with van der Waals surface area (Å²) in [5.41, 5.74) is 6.13. The molecule has 7 nitrogen and oxygen atoms in total. The van der Waals surface area contributed by atoms with Gasteiger partial charge in [0.1, 0.15) is 20.7 Å². The third-order valence-corrected chi connectivity index (χ3v) is 7.66. The largest absolute Gasteiger partial charge is 0.382 e. The first-order chi connectivity index (χ1) is 13.3. The second kappa shape index (κ2) is 8.43. The fraction of sp³-hybridized carbons (Fsp3) is 0.0625. The van der Waals surface area contributed by atoms with Crippen molar-refractivity contribution in [3.8, 4) is 0 Å². The number of hydrogen-bond acceptors (Lipinski definition) is 8. The van der Waals surface area contributed by atoms with Crippen molar-refractivity contribution >= 4 is 61.9 Å². The zero-order valence-electron chi connectivity index (χ0n) is 13.9. The van der Waals surface area contributed by atoms with Crippen molar-refractivity contribution in [2.24, 2.45) is 0 Å². The van der Waals surface area contributed by atoms with E-state index in [9.17, 15) is 17.6 Å². The maximum absolute atomic E-state index is 13.1. The quantitative estimate of drug-likeness (QED) is 0.429. The highest BCUT2D eigenvalue weighted by molar-refractivity contribution is 7.99. The maximum atomic E-state index is 13.1. The number of thioether (sulfide) groups is 1. The molecule has 2 heterocycles. The molecule has 28 heavy (non-hydrogen) atoms. The molecule has 12 heteroatoms. The number of benzene rings is 1. The summed E-state index contributed by atoms with van der Waals surface area (Å²) in [6, 6.07) is 6.89. The van der Waals surface area contributed by atoms with Crippen LogP contribution >= 0.6 is 34.7 Å². The van der Waals surface area contributed by atoms with Crippen LogP contribution in [-0.4, -0.2) is 30.0 Å².